The Morgan fingerprint density at radius 3 is 2.66 bits per heavy atom. The number of halogens is 1. The van der Waals surface area contributed by atoms with E-state index in [0.29, 0.717) is 31.1 Å². The number of rotatable bonds is 7. The molecule has 3 rings (SSSR count). The van der Waals surface area contributed by atoms with E-state index in [4.69, 9.17) is 16.3 Å². The molecule has 0 radical (unpaired) electrons. The summed E-state index contributed by atoms with van der Waals surface area (Å²) < 4.78 is 32.8. The maximum absolute atomic E-state index is 13.0. The molecule has 1 N–H and O–H groups in total. The standard InChI is InChI=1S/C21H23ClN2O4S/c1-2-13-28-18-8-6-7-17(15-18)23-21(25)16-9-10-19(22)20(14-16)29(26,27)24-11-4-3-5-12-24/h2,6-10,14-15H,1,3-5,11-13H2,(H,23,25). The molecule has 1 saturated heterocycles. The number of nitrogens with one attached hydrogen (secondary N) is 1. The van der Waals surface area contributed by atoms with Crippen LogP contribution in [0.15, 0.2) is 60.0 Å². The van der Waals surface area contributed by atoms with E-state index in [1.165, 1.54) is 22.5 Å². The summed E-state index contributed by atoms with van der Waals surface area (Å²) in [6.45, 7) is 4.88. The fourth-order valence-electron chi connectivity index (χ4n) is 3.11. The van der Waals surface area contributed by atoms with Crippen LogP contribution in [0.3, 0.4) is 0 Å². The number of hydrogen-bond donors (Lipinski definition) is 1. The van der Waals surface area contributed by atoms with Crippen LogP contribution in [0.5, 0.6) is 5.75 Å². The molecule has 0 aromatic heterocycles. The number of amides is 1. The zero-order valence-corrected chi connectivity index (χ0v) is 17.5. The first-order chi connectivity index (χ1) is 13.9. The van der Waals surface area contributed by atoms with E-state index < -0.39 is 15.9 Å². The molecule has 1 heterocycles. The SMILES string of the molecule is C=CCOc1cccc(NC(=O)c2ccc(Cl)c(S(=O)(=O)N3CCCCC3)c2)c1. The molecular formula is C21H23ClN2O4S. The predicted octanol–water partition coefficient (Wildman–Crippen LogP) is 4.33. The quantitative estimate of drug-likeness (QED) is 0.658. The summed E-state index contributed by atoms with van der Waals surface area (Å²) in [6.07, 6.45) is 4.28. The second-order valence-corrected chi connectivity index (χ2v) is 9.01. The molecule has 1 aliphatic rings. The Balaban J connectivity index is 1.82. The third-order valence-electron chi connectivity index (χ3n) is 4.59. The van der Waals surface area contributed by atoms with Crippen LogP contribution >= 0.6 is 11.6 Å². The van der Waals surface area contributed by atoms with Crippen molar-refractivity contribution < 1.29 is 17.9 Å². The Hall–Kier alpha value is -2.35. The van der Waals surface area contributed by atoms with Gasteiger partial charge in [0, 0.05) is 30.4 Å². The minimum atomic E-state index is -3.75. The van der Waals surface area contributed by atoms with Gasteiger partial charge in [0.1, 0.15) is 17.3 Å². The highest BCUT2D eigenvalue weighted by molar-refractivity contribution is 7.89. The maximum atomic E-state index is 13.0. The summed E-state index contributed by atoms with van der Waals surface area (Å²) in [5.74, 6) is 0.157. The summed E-state index contributed by atoms with van der Waals surface area (Å²) in [7, 11) is -3.75. The molecule has 6 nitrogen and oxygen atoms in total. The summed E-state index contributed by atoms with van der Waals surface area (Å²) >= 11 is 6.17. The molecule has 0 unspecified atom stereocenters. The first kappa shape index (κ1) is 21.4. The van der Waals surface area contributed by atoms with E-state index in [1.54, 1.807) is 30.3 Å². The molecular weight excluding hydrogens is 412 g/mol. The zero-order valence-electron chi connectivity index (χ0n) is 15.9. The molecule has 154 valence electrons. The van der Waals surface area contributed by atoms with Crippen LogP contribution in [0.25, 0.3) is 0 Å². The van der Waals surface area contributed by atoms with Gasteiger partial charge in [-0.2, -0.15) is 4.31 Å². The van der Waals surface area contributed by atoms with Gasteiger partial charge in [0.2, 0.25) is 10.0 Å². The number of benzene rings is 2. The second kappa shape index (κ2) is 9.43. The Morgan fingerprint density at radius 2 is 1.93 bits per heavy atom. The van der Waals surface area contributed by atoms with Gasteiger partial charge in [0.25, 0.3) is 5.91 Å². The van der Waals surface area contributed by atoms with Gasteiger partial charge in [-0.1, -0.05) is 36.7 Å². The number of sulfonamides is 1. The number of hydrogen-bond acceptors (Lipinski definition) is 4. The van der Waals surface area contributed by atoms with Crippen molar-refractivity contribution in [3.8, 4) is 5.75 Å². The fourth-order valence-corrected chi connectivity index (χ4v) is 5.13. The van der Waals surface area contributed by atoms with Gasteiger partial charge >= 0.3 is 0 Å². The lowest BCUT2D eigenvalue weighted by atomic mass is 10.2. The number of piperidine rings is 1. The minimum Gasteiger partial charge on any atom is -0.489 e. The highest BCUT2D eigenvalue weighted by atomic mass is 35.5. The number of carbonyl (C=O) groups is 1. The summed E-state index contributed by atoms with van der Waals surface area (Å²) in [4.78, 5) is 12.6. The average molecular weight is 435 g/mol. The van der Waals surface area contributed by atoms with Crippen molar-refractivity contribution in [2.75, 3.05) is 25.0 Å². The van der Waals surface area contributed by atoms with Crippen molar-refractivity contribution in [3.63, 3.8) is 0 Å². The molecule has 0 aliphatic carbocycles. The maximum Gasteiger partial charge on any atom is 0.255 e. The third kappa shape index (κ3) is 5.18. The van der Waals surface area contributed by atoms with Crippen LogP contribution < -0.4 is 10.1 Å². The Morgan fingerprint density at radius 1 is 1.17 bits per heavy atom. The van der Waals surface area contributed by atoms with Crippen molar-refractivity contribution in [1.29, 1.82) is 0 Å². The van der Waals surface area contributed by atoms with Crippen molar-refractivity contribution in [3.05, 3.63) is 65.7 Å². The molecule has 1 fully saturated rings. The first-order valence-electron chi connectivity index (χ1n) is 9.36. The summed E-state index contributed by atoms with van der Waals surface area (Å²) in [6, 6.07) is 11.2. The highest BCUT2D eigenvalue weighted by Gasteiger charge is 2.28. The molecule has 0 saturated carbocycles. The van der Waals surface area contributed by atoms with Crippen LogP contribution in [0.1, 0.15) is 29.6 Å². The van der Waals surface area contributed by atoms with Crippen LogP contribution in [-0.4, -0.2) is 38.3 Å². The number of anilines is 1. The van der Waals surface area contributed by atoms with Gasteiger partial charge in [0.05, 0.1) is 5.02 Å². The Kier molecular flexibility index (Phi) is 6.95. The molecule has 0 bridgehead atoms. The number of ether oxygens (including phenoxy) is 1. The molecule has 29 heavy (non-hydrogen) atoms. The lowest BCUT2D eigenvalue weighted by Crippen LogP contribution is -2.35. The number of carbonyl (C=O) groups excluding carboxylic acids is 1. The lowest BCUT2D eigenvalue weighted by molar-refractivity contribution is 0.102. The zero-order chi connectivity index (χ0) is 20.9. The van der Waals surface area contributed by atoms with Crippen molar-refractivity contribution in [2.24, 2.45) is 0 Å². The molecule has 1 amide bonds. The van der Waals surface area contributed by atoms with E-state index in [1.807, 2.05) is 0 Å². The largest absolute Gasteiger partial charge is 0.489 e. The van der Waals surface area contributed by atoms with Crippen molar-refractivity contribution in [2.45, 2.75) is 24.2 Å². The van der Waals surface area contributed by atoms with Crippen LogP contribution in [-0.2, 0) is 10.0 Å². The third-order valence-corrected chi connectivity index (χ3v) is 6.97. The van der Waals surface area contributed by atoms with Gasteiger partial charge in [-0.05, 0) is 43.2 Å². The monoisotopic (exact) mass is 434 g/mol. The summed E-state index contributed by atoms with van der Waals surface area (Å²) in [5.41, 5.74) is 0.745. The van der Waals surface area contributed by atoms with Gasteiger partial charge < -0.3 is 10.1 Å². The van der Waals surface area contributed by atoms with E-state index in [-0.39, 0.29) is 15.5 Å². The fraction of sp³-hybridized carbons (Fsp3) is 0.286. The predicted molar refractivity (Wildman–Crippen MR) is 114 cm³/mol. The number of nitrogens with zero attached hydrogens (tertiary/aromatic N) is 1. The first-order valence-corrected chi connectivity index (χ1v) is 11.2. The minimum absolute atomic E-state index is 0.0446. The van der Waals surface area contributed by atoms with Gasteiger partial charge in [-0.3, -0.25) is 4.79 Å². The van der Waals surface area contributed by atoms with Gasteiger partial charge in [-0.15, -0.1) is 0 Å². The molecule has 0 spiro atoms. The smallest absolute Gasteiger partial charge is 0.255 e. The van der Waals surface area contributed by atoms with E-state index >= 15 is 0 Å². The van der Waals surface area contributed by atoms with Crippen molar-refractivity contribution >= 4 is 33.2 Å². The van der Waals surface area contributed by atoms with E-state index in [2.05, 4.69) is 11.9 Å². The van der Waals surface area contributed by atoms with Gasteiger partial charge in [-0.25, -0.2) is 8.42 Å². The lowest BCUT2D eigenvalue weighted by Gasteiger charge is -2.26. The van der Waals surface area contributed by atoms with E-state index in [9.17, 15) is 13.2 Å². The van der Waals surface area contributed by atoms with Crippen LogP contribution in [0.2, 0.25) is 5.02 Å². The van der Waals surface area contributed by atoms with Crippen LogP contribution in [0, 0.1) is 0 Å². The van der Waals surface area contributed by atoms with Crippen molar-refractivity contribution in [1.82, 2.24) is 4.31 Å². The Bertz CT molecular complexity index is 1000. The van der Waals surface area contributed by atoms with E-state index in [0.717, 1.165) is 19.3 Å². The normalized spacial score (nSPS) is 14.9. The molecule has 0 atom stereocenters. The molecule has 1 aliphatic heterocycles. The Labute approximate surface area is 176 Å². The molecule has 8 heteroatoms. The highest BCUT2D eigenvalue weighted by Crippen LogP contribution is 2.28. The average Bonchev–Trinajstić information content (AvgIpc) is 2.73. The second-order valence-electron chi connectivity index (χ2n) is 6.69. The van der Waals surface area contributed by atoms with Gasteiger partial charge in [0.15, 0.2) is 0 Å². The molecule has 2 aromatic rings. The van der Waals surface area contributed by atoms with Crippen LogP contribution in [0.4, 0.5) is 5.69 Å². The molecule has 2 aromatic carbocycles. The topological polar surface area (TPSA) is 75.7 Å². The summed E-state index contributed by atoms with van der Waals surface area (Å²) in [5, 5.41) is 2.86.